The molecule has 4 N–H and O–H groups in total. The number of nitriles is 1. The highest BCUT2D eigenvalue weighted by Crippen LogP contribution is 2.31. The Kier molecular flexibility index (Phi) is 5.99. The van der Waals surface area contributed by atoms with Crippen molar-refractivity contribution in [2.24, 2.45) is 16.5 Å². The summed E-state index contributed by atoms with van der Waals surface area (Å²) >= 11 is 0. The van der Waals surface area contributed by atoms with E-state index < -0.39 is 0 Å². The van der Waals surface area contributed by atoms with Gasteiger partial charge in [0.2, 0.25) is 0 Å². The van der Waals surface area contributed by atoms with Gasteiger partial charge in [0.05, 0.1) is 19.3 Å². The number of piperidine rings is 1. The fourth-order valence-corrected chi connectivity index (χ4v) is 4.68. The van der Waals surface area contributed by atoms with Crippen molar-refractivity contribution >= 4 is 16.8 Å². The molecule has 0 atom stereocenters. The molecule has 8 nitrogen and oxygen atoms in total. The molecule has 0 aromatic carbocycles. The van der Waals surface area contributed by atoms with Gasteiger partial charge in [-0.1, -0.05) is 0 Å². The molecule has 0 bridgehead atoms. The zero-order valence-corrected chi connectivity index (χ0v) is 18.3. The second-order valence-corrected chi connectivity index (χ2v) is 8.78. The summed E-state index contributed by atoms with van der Waals surface area (Å²) < 4.78 is 7.18. The summed E-state index contributed by atoms with van der Waals surface area (Å²) in [7, 11) is 1.59. The molecule has 0 radical (unpaired) electrons. The zero-order chi connectivity index (χ0) is 22.0. The molecule has 2 aromatic heterocycles. The Morgan fingerprint density at radius 2 is 2.16 bits per heavy atom. The summed E-state index contributed by atoms with van der Waals surface area (Å²) in [5.41, 5.74) is 16.2. The first-order valence-corrected chi connectivity index (χ1v) is 10.9. The number of hydrogen-bond acceptors (Lipinski definition) is 7. The molecule has 0 unspecified atom stereocenters. The Balaban J connectivity index is 1.49. The molecule has 2 aliphatic rings. The molecule has 1 aliphatic carbocycles. The van der Waals surface area contributed by atoms with Gasteiger partial charge in [-0.2, -0.15) is 10.4 Å². The largest absolute Gasteiger partial charge is 0.494 e. The molecule has 1 saturated carbocycles. The predicted molar refractivity (Wildman–Crippen MR) is 122 cm³/mol. The van der Waals surface area contributed by atoms with Crippen LogP contribution in [-0.4, -0.2) is 58.6 Å². The van der Waals surface area contributed by atoms with E-state index in [0.29, 0.717) is 16.8 Å². The highest BCUT2D eigenvalue weighted by Gasteiger charge is 2.35. The van der Waals surface area contributed by atoms with Crippen molar-refractivity contribution in [1.29, 1.82) is 5.26 Å². The molecule has 164 valence electrons. The van der Waals surface area contributed by atoms with Crippen LogP contribution in [-0.2, 0) is 0 Å². The van der Waals surface area contributed by atoms with Crippen molar-refractivity contribution in [2.75, 3.05) is 26.7 Å². The van der Waals surface area contributed by atoms with Gasteiger partial charge in [0, 0.05) is 54.4 Å². The number of nitrogens with two attached hydrogens (primary N) is 2. The number of fused-ring (bicyclic) bond motifs is 1. The van der Waals surface area contributed by atoms with Gasteiger partial charge in [0.25, 0.3) is 0 Å². The Bertz CT molecular complexity index is 1050. The summed E-state index contributed by atoms with van der Waals surface area (Å²) in [5, 5.41) is 13.6. The van der Waals surface area contributed by atoms with E-state index in [-0.39, 0.29) is 11.6 Å². The number of hydrogen-bond donors (Lipinski definition) is 2. The van der Waals surface area contributed by atoms with Gasteiger partial charge in [-0.25, -0.2) is 4.52 Å². The molecule has 3 heterocycles. The maximum absolute atomic E-state index is 9.32. The third kappa shape index (κ3) is 4.29. The topological polar surface area (TPSA) is 118 Å². The number of allylic oxidation sites excluding steroid dienone is 1. The second-order valence-electron chi connectivity index (χ2n) is 8.78. The molecule has 8 heteroatoms. The maximum atomic E-state index is 9.32. The third-order valence-electron chi connectivity index (χ3n) is 6.61. The SMILES string of the molecule is COc1cc(/C(=C/N)C(C)=NC2CCN(CC3(N)CCC3)CC2)cn2ncc(C#N)c12. The van der Waals surface area contributed by atoms with Gasteiger partial charge in [-0.3, -0.25) is 4.99 Å². The lowest BCUT2D eigenvalue weighted by Gasteiger charge is -2.43. The zero-order valence-electron chi connectivity index (χ0n) is 18.3. The van der Waals surface area contributed by atoms with Crippen molar-refractivity contribution in [3.63, 3.8) is 0 Å². The van der Waals surface area contributed by atoms with E-state index in [2.05, 4.69) is 16.1 Å². The average Bonchev–Trinajstić information content (AvgIpc) is 3.17. The highest BCUT2D eigenvalue weighted by molar-refractivity contribution is 6.22. The molecule has 2 aromatic rings. The second kappa shape index (κ2) is 8.69. The number of likely N-dealkylation sites (tertiary alicyclic amines) is 1. The Morgan fingerprint density at radius 1 is 1.42 bits per heavy atom. The van der Waals surface area contributed by atoms with Gasteiger partial charge in [-0.05, 0) is 45.1 Å². The number of rotatable bonds is 6. The minimum Gasteiger partial charge on any atom is -0.494 e. The van der Waals surface area contributed by atoms with Gasteiger partial charge in [-0.15, -0.1) is 0 Å². The smallest absolute Gasteiger partial charge is 0.146 e. The normalized spacial score (nSPS) is 20.5. The Hall–Kier alpha value is -2.89. The number of nitrogens with zero attached hydrogens (tertiary/aromatic N) is 5. The van der Waals surface area contributed by atoms with Crippen molar-refractivity contribution in [3.8, 4) is 11.8 Å². The van der Waals surface area contributed by atoms with Crippen molar-refractivity contribution in [2.45, 2.75) is 50.6 Å². The van der Waals surface area contributed by atoms with E-state index in [1.165, 1.54) is 12.6 Å². The average molecular weight is 422 g/mol. The first-order valence-electron chi connectivity index (χ1n) is 10.9. The monoisotopic (exact) mass is 421 g/mol. The quantitative estimate of drug-likeness (QED) is 0.691. The number of methoxy groups -OCH3 is 1. The minimum atomic E-state index is 0.0388. The molecular weight excluding hydrogens is 390 g/mol. The molecule has 0 amide bonds. The van der Waals surface area contributed by atoms with Crippen molar-refractivity contribution in [1.82, 2.24) is 14.5 Å². The number of pyridine rings is 1. The minimum absolute atomic E-state index is 0.0388. The van der Waals surface area contributed by atoms with E-state index in [9.17, 15) is 5.26 Å². The van der Waals surface area contributed by atoms with Gasteiger partial charge >= 0.3 is 0 Å². The van der Waals surface area contributed by atoms with Crippen LogP contribution >= 0.6 is 0 Å². The Labute approximate surface area is 183 Å². The molecule has 4 rings (SSSR count). The molecule has 1 saturated heterocycles. The standard InChI is InChI=1S/C23H31N7O/c1-16(28-19-4-8-29(9-5-19)15-23(26)6-3-7-23)20(12-25)17-10-21(31-2)22-18(11-24)13-27-30(22)14-17/h10,12-14,19H,3-9,15,25-26H2,1-2H3/b20-12+,28-16?. The summed E-state index contributed by atoms with van der Waals surface area (Å²) in [6, 6.07) is 4.32. The molecule has 31 heavy (non-hydrogen) atoms. The lowest BCUT2D eigenvalue weighted by Crippen LogP contribution is -2.56. The van der Waals surface area contributed by atoms with Gasteiger partial charge in [0.15, 0.2) is 0 Å². The van der Waals surface area contributed by atoms with Crippen LogP contribution in [0.25, 0.3) is 11.1 Å². The maximum Gasteiger partial charge on any atom is 0.146 e. The van der Waals surface area contributed by atoms with E-state index in [0.717, 1.165) is 62.2 Å². The van der Waals surface area contributed by atoms with Crippen LogP contribution in [0, 0.1) is 11.3 Å². The van der Waals surface area contributed by atoms with Crippen molar-refractivity contribution in [3.05, 3.63) is 35.8 Å². The van der Waals surface area contributed by atoms with Gasteiger partial charge in [0.1, 0.15) is 22.9 Å². The van der Waals surface area contributed by atoms with E-state index in [1.807, 2.05) is 19.2 Å². The summed E-state index contributed by atoms with van der Waals surface area (Å²) in [6.45, 7) is 5.07. The van der Waals surface area contributed by atoms with Crippen LogP contribution in [0.2, 0.25) is 0 Å². The molecule has 2 fully saturated rings. The fraction of sp³-hybridized carbons (Fsp3) is 0.522. The van der Waals surface area contributed by atoms with E-state index >= 15 is 0 Å². The summed E-state index contributed by atoms with van der Waals surface area (Å²) in [4.78, 5) is 7.48. The first-order chi connectivity index (χ1) is 15.0. The van der Waals surface area contributed by atoms with E-state index in [4.69, 9.17) is 21.2 Å². The van der Waals surface area contributed by atoms with Crippen LogP contribution < -0.4 is 16.2 Å². The number of aliphatic imine (C=N–C) groups is 1. The van der Waals surface area contributed by atoms with Gasteiger partial charge < -0.3 is 21.1 Å². The summed E-state index contributed by atoms with van der Waals surface area (Å²) in [5.74, 6) is 0.582. The first kappa shape index (κ1) is 21.3. The molecular formula is C23H31N7O. The Morgan fingerprint density at radius 3 is 2.74 bits per heavy atom. The lowest BCUT2D eigenvalue weighted by atomic mass is 9.77. The number of ether oxygens (including phenoxy) is 1. The lowest BCUT2D eigenvalue weighted by molar-refractivity contribution is 0.122. The predicted octanol–water partition coefficient (Wildman–Crippen LogP) is 2.32. The number of aromatic nitrogens is 2. The van der Waals surface area contributed by atoms with Crippen LogP contribution in [0.3, 0.4) is 0 Å². The highest BCUT2D eigenvalue weighted by atomic mass is 16.5. The third-order valence-corrected chi connectivity index (χ3v) is 6.61. The van der Waals surface area contributed by atoms with Crippen LogP contribution in [0.5, 0.6) is 5.75 Å². The summed E-state index contributed by atoms with van der Waals surface area (Å²) in [6.07, 6.45) is 10.6. The van der Waals surface area contributed by atoms with Crippen LogP contribution in [0.15, 0.2) is 29.7 Å². The molecule has 0 spiro atoms. The van der Waals surface area contributed by atoms with E-state index in [1.54, 1.807) is 17.8 Å². The van der Waals surface area contributed by atoms with Crippen LogP contribution in [0.1, 0.15) is 50.2 Å². The van der Waals surface area contributed by atoms with Crippen molar-refractivity contribution < 1.29 is 4.74 Å². The fourth-order valence-electron chi connectivity index (χ4n) is 4.68. The molecule has 1 aliphatic heterocycles. The van der Waals surface area contributed by atoms with Crippen LogP contribution in [0.4, 0.5) is 0 Å².